The molecule has 0 aliphatic carbocycles. The van der Waals surface area contributed by atoms with E-state index in [4.69, 9.17) is 9.84 Å². The summed E-state index contributed by atoms with van der Waals surface area (Å²) in [7, 11) is 0. The highest BCUT2D eigenvalue weighted by Crippen LogP contribution is 2.23. The molecule has 0 spiro atoms. The van der Waals surface area contributed by atoms with Crippen molar-refractivity contribution < 1.29 is 19.4 Å². The van der Waals surface area contributed by atoms with Gasteiger partial charge >= 0.3 is 5.97 Å². The van der Waals surface area contributed by atoms with Crippen LogP contribution >= 0.6 is 0 Å². The van der Waals surface area contributed by atoms with Gasteiger partial charge in [0.2, 0.25) is 5.91 Å². The van der Waals surface area contributed by atoms with Gasteiger partial charge in [0, 0.05) is 5.69 Å². The minimum atomic E-state index is -0.941. The van der Waals surface area contributed by atoms with Crippen molar-refractivity contribution in [2.45, 2.75) is 20.3 Å². The number of aliphatic carboxylic acids is 1. The second kappa shape index (κ2) is 9.58. The van der Waals surface area contributed by atoms with Crippen molar-refractivity contribution in [3.63, 3.8) is 0 Å². The number of amides is 1. The van der Waals surface area contributed by atoms with E-state index in [0.29, 0.717) is 18.0 Å². The first-order chi connectivity index (χ1) is 12.5. The van der Waals surface area contributed by atoms with Crippen LogP contribution in [0.25, 0.3) is 0 Å². The molecule has 2 rings (SSSR count). The molecule has 0 bridgehead atoms. The third-order valence-corrected chi connectivity index (χ3v) is 3.63. The van der Waals surface area contributed by atoms with E-state index in [9.17, 15) is 9.59 Å². The molecule has 0 saturated carbocycles. The van der Waals surface area contributed by atoms with Crippen LogP contribution in [0, 0.1) is 6.92 Å². The maximum Gasteiger partial charge on any atom is 0.317 e. The van der Waals surface area contributed by atoms with Gasteiger partial charge in [-0.2, -0.15) is 0 Å². The standard InChI is InChI=1S/C20H24N2O4/c1-3-11-22(14-20(24)25)13-19(23)21-16-7-9-17(10-8-16)26-18-6-4-5-15(2)12-18/h4-10,12H,3,11,13-14H2,1-2H3,(H,21,23)(H,24,25). The van der Waals surface area contributed by atoms with Crippen molar-refractivity contribution in [2.24, 2.45) is 0 Å². The lowest BCUT2D eigenvalue weighted by atomic mass is 10.2. The summed E-state index contributed by atoms with van der Waals surface area (Å²) in [5, 5.41) is 11.7. The molecule has 0 radical (unpaired) electrons. The van der Waals surface area contributed by atoms with E-state index >= 15 is 0 Å². The molecule has 0 aromatic heterocycles. The normalized spacial score (nSPS) is 10.6. The molecular weight excluding hydrogens is 332 g/mol. The Bertz CT molecular complexity index is 744. The first kappa shape index (κ1) is 19.5. The molecular formula is C20H24N2O4. The topological polar surface area (TPSA) is 78.9 Å². The lowest BCUT2D eigenvalue weighted by Gasteiger charge is -2.18. The molecule has 0 atom stereocenters. The van der Waals surface area contributed by atoms with Gasteiger partial charge < -0.3 is 15.2 Å². The highest BCUT2D eigenvalue weighted by Gasteiger charge is 2.13. The number of hydrogen-bond acceptors (Lipinski definition) is 4. The molecule has 6 nitrogen and oxygen atoms in total. The SMILES string of the molecule is CCCN(CC(=O)O)CC(=O)Nc1ccc(Oc2cccc(C)c2)cc1. The fourth-order valence-corrected chi connectivity index (χ4v) is 2.55. The Hall–Kier alpha value is -2.86. The monoisotopic (exact) mass is 356 g/mol. The first-order valence-electron chi connectivity index (χ1n) is 8.55. The van der Waals surface area contributed by atoms with Crippen molar-refractivity contribution in [3.05, 3.63) is 54.1 Å². The fourth-order valence-electron chi connectivity index (χ4n) is 2.55. The summed E-state index contributed by atoms with van der Waals surface area (Å²) in [4.78, 5) is 24.6. The quantitative estimate of drug-likeness (QED) is 0.719. The van der Waals surface area contributed by atoms with Crippen molar-refractivity contribution in [1.29, 1.82) is 0 Å². The van der Waals surface area contributed by atoms with Crippen LogP contribution in [0.5, 0.6) is 11.5 Å². The Morgan fingerprint density at radius 2 is 1.81 bits per heavy atom. The molecule has 0 saturated heterocycles. The summed E-state index contributed by atoms with van der Waals surface area (Å²) in [6, 6.07) is 14.8. The highest BCUT2D eigenvalue weighted by atomic mass is 16.5. The predicted molar refractivity (Wildman–Crippen MR) is 101 cm³/mol. The molecule has 2 aromatic rings. The van der Waals surface area contributed by atoms with Crippen molar-refractivity contribution in [3.8, 4) is 11.5 Å². The number of carbonyl (C=O) groups is 2. The zero-order valence-electron chi connectivity index (χ0n) is 15.1. The van der Waals surface area contributed by atoms with Crippen molar-refractivity contribution in [2.75, 3.05) is 25.0 Å². The van der Waals surface area contributed by atoms with Crippen LogP contribution in [-0.4, -0.2) is 41.5 Å². The van der Waals surface area contributed by atoms with E-state index in [2.05, 4.69) is 5.32 Å². The van der Waals surface area contributed by atoms with Gasteiger partial charge in [-0.05, 0) is 61.9 Å². The Morgan fingerprint density at radius 3 is 2.42 bits per heavy atom. The molecule has 0 heterocycles. The van der Waals surface area contributed by atoms with Gasteiger partial charge in [0.25, 0.3) is 0 Å². The second-order valence-electron chi connectivity index (χ2n) is 6.10. The number of carbonyl (C=O) groups excluding carboxylic acids is 1. The van der Waals surface area contributed by atoms with Gasteiger partial charge in [-0.1, -0.05) is 19.1 Å². The zero-order valence-corrected chi connectivity index (χ0v) is 15.1. The highest BCUT2D eigenvalue weighted by molar-refractivity contribution is 5.92. The average Bonchev–Trinajstić information content (AvgIpc) is 2.56. The number of ether oxygens (including phenoxy) is 1. The van der Waals surface area contributed by atoms with Crippen LogP contribution in [0.2, 0.25) is 0 Å². The third-order valence-electron chi connectivity index (χ3n) is 3.63. The Morgan fingerprint density at radius 1 is 1.08 bits per heavy atom. The number of anilines is 1. The molecule has 2 aromatic carbocycles. The zero-order chi connectivity index (χ0) is 18.9. The third kappa shape index (κ3) is 6.57. The molecule has 2 N–H and O–H groups in total. The van der Waals surface area contributed by atoms with Crippen LogP contribution in [-0.2, 0) is 9.59 Å². The van der Waals surface area contributed by atoms with E-state index in [1.165, 1.54) is 0 Å². The number of carboxylic acids is 1. The number of rotatable bonds is 9. The van der Waals surface area contributed by atoms with Gasteiger partial charge in [0.1, 0.15) is 11.5 Å². The van der Waals surface area contributed by atoms with Gasteiger partial charge in [-0.3, -0.25) is 14.5 Å². The molecule has 138 valence electrons. The summed E-state index contributed by atoms with van der Waals surface area (Å²) in [5.41, 5.74) is 1.75. The van der Waals surface area contributed by atoms with Gasteiger partial charge in [-0.15, -0.1) is 0 Å². The van der Waals surface area contributed by atoms with Crippen molar-refractivity contribution in [1.82, 2.24) is 4.90 Å². The summed E-state index contributed by atoms with van der Waals surface area (Å²) in [6.07, 6.45) is 0.783. The van der Waals surface area contributed by atoms with E-state index < -0.39 is 5.97 Å². The minimum absolute atomic E-state index is 0.0433. The van der Waals surface area contributed by atoms with Crippen LogP contribution in [0.15, 0.2) is 48.5 Å². The lowest BCUT2D eigenvalue weighted by molar-refractivity contribution is -0.138. The molecule has 0 aliphatic heterocycles. The minimum Gasteiger partial charge on any atom is -0.480 e. The van der Waals surface area contributed by atoms with Crippen LogP contribution in [0.4, 0.5) is 5.69 Å². The van der Waals surface area contributed by atoms with E-state index in [-0.39, 0.29) is 19.0 Å². The number of benzene rings is 2. The van der Waals surface area contributed by atoms with Gasteiger partial charge in [0.15, 0.2) is 0 Å². The Balaban J connectivity index is 1.91. The summed E-state index contributed by atoms with van der Waals surface area (Å²) in [6.45, 7) is 4.40. The Labute approximate surface area is 153 Å². The molecule has 0 fully saturated rings. The number of nitrogens with one attached hydrogen (secondary N) is 1. The molecule has 6 heteroatoms. The fraction of sp³-hybridized carbons (Fsp3) is 0.300. The van der Waals surface area contributed by atoms with E-state index in [0.717, 1.165) is 17.7 Å². The van der Waals surface area contributed by atoms with Crippen molar-refractivity contribution >= 4 is 17.6 Å². The number of carboxylic acid groups (broad SMARTS) is 1. The largest absolute Gasteiger partial charge is 0.480 e. The van der Waals surface area contributed by atoms with Crippen LogP contribution in [0.3, 0.4) is 0 Å². The summed E-state index contributed by atoms with van der Waals surface area (Å²) < 4.78 is 5.77. The lowest BCUT2D eigenvalue weighted by Crippen LogP contribution is -2.37. The molecule has 0 unspecified atom stereocenters. The van der Waals surface area contributed by atoms with Crippen LogP contribution < -0.4 is 10.1 Å². The maximum absolute atomic E-state index is 12.1. The Kier molecular flexibility index (Phi) is 7.17. The number of nitrogens with zero attached hydrogens (tertiary/aromatic N) is 1. The van der Waals surface area contributed by atoms with Gasteiger partial charge in [0.05, 0.1) is 13.1 Å². The first-order valence-corrected chi connectivity index (χ1v) is 8.55. The summed E-state index contributed by atoms with van der Waals surface area (Å²) in [5.74, 6) is 0.244. The van der Waals surface area contributed by atoms with Crippen LogP contribution in [0.1, 0.15) is 18.9 Å². The second-order valence-corrected chi connectivity index (χ2v) is 6.10. The van der Waals surface area contributed by atoms with E-state index in [1.807, 2.05) is 38.1 Å². The maximum atomic E-state index is 12.1. The smallest absolute Gasteiger partial charge is 0.317 e. The summed E-state index contributed by atoms with van der Waals surface area (Å²) >= 11 is 0. The predicted octanol–water partition coefficient (Wildman–Crippen LogP) is 3.52. The van der Waals surface area contributed by atoms with Gasteiger partial charge in [-0.25, -0.2) is 0 Å². The number of aryl methyl sites for hydroxylation is 1. The molecule has 26 heavy (non-hydrogen) atoms. The molecule has 0 aliphatic rings. The number of hydrogen-bond donors (Lipinski definition) is 2. The average molecular weight is 356 g/mol. The van der Waals surface area contributed by atoms with E-state index in [1.54, 1.807) is 29.2 Å². The molecule has 1 amide bonds.